The Labute approximate surface area is 118 Å². The third-order valence-electron chi connectivity index (χ3n) is 2.88. The van der Waals surface area contributed by atoms with Crippen molar-refractivity contribution in [2.24, 2.45) is 5.14 Å². The number of nitrogens with zero attached hydrogens (tertiary/aromatic N) is 1. The predicted octanol–water partition coefficient (Wildman–Crippen LogP) is 0.845. The van der Waals surface area contributed by atoms with Crippen LogP contribution in [0.5, 0.6) is 0 Å². The minimum absolute atomic E-state index is 0.00305. The van der Waals surface area contributed by atoms with Crippen LogP contribution >= 0.6 is 0 Å². The monoisotopic (exact) mass is 294 g/mol. The third-order valence-corrected chi connectivity index (χ3v) is 3.74. The van der Waals surface area contributed by atoms with Crippen LogP contribution in [0.2, 0.25) is 0 Å². The average Bonchev–Trinajstić information content (AvgIpc) is 2.86. The molecule has 0 aliphatic rings. The van der Waals surface area contributed by atoms with Crippen LogP contribution in [0.25, 0.3) is 11.3 Å². The van der Waals surface area contributed by atoms with Crippen LogP contribution < -0.4 is 10.5 Å². The van der Waals surface area contributed by atoms with Gasteiger partial charge >= 0.3 is 0 Å². The molecule has 0 saturated carbocycles. The van der Waals surface area contributed by atoms with Crippen LogP contribution in [0.3, 0.4) is 0 Å². The summed E-state index contributed by atoms with van der Waals surface area (Å²) in [5.74, 6) is -0.00305. The zero-order valence-corrected chi connectivity index (χ0v) is 11.9. The largest absolute Gasteiger partial charge is 0.313 e. The SMILES string of the molecule is NS(=O)(=O)CCCNCc1cn[nH]c1-c1ccccc1. The predicted molar refractivity (Wildman–Crippen MR) is 78.3 cm³/mol. The van der Waals surface area contributed by atoms with Crippen LogP contribution in [0.15, 0.2) is 36.5 Å². The molecule has 0 spiro atoms. The second kappa shape index (κ2) is 6.65. The number of H-pyrrole nitrogens is 1. The van der Waals surface area contributed by atoms with Crippen LogP contribution in [-0.2, 0) is 16.6 Å². The number of hydrogen-bond acceptors (Lipinski definition) is 4. The van der Waals surface area contributed by atoms with Crippen molar-refractivity contribution in [3.63, 3.8) is 0 Å². The molecule has 7 heteroatoms. The van der Waals surface area contributed by atoms with Crippen LogP contribution in [0.4, 0.5) is 0 Å². The molecule has 2 aromatic rings. The molecule has 0 atom stereocenters. The lowest BCUT2D eigenvalue weighted by atomic mass is 10.1. The van der Waals surface area contributed by atoms with Gasteiger partial charge in [-0.1, -0.05) is 30.3 Å². The van der Waals surface area contributed by atoms with Gasteiger partial charge in [-0.15, -0.1) is 0 Å². The molecule has 0 aliphatic heterocycles. The van der Waals surface area contributed by atoms with Gasteiger partial charge < -0.3 is 5.32 Å². The Hall–Kier alpha value is -1.70. The lowest BCUT2D eigenvalue weighted by Crippen LogP contribution is -2.22. The lowest BCUT2D eigenvalue weighted by Gasteiger charge is -2.05. The highest BCUT2D eigenvalue weighted by molar-refractivity contribution is 7.89. The van der Waals surface area contributed by atoms with Gasteiger partial charge in [0.05, 0.1) is 17.6 Å². The smallest absolute Gasteiger partial charge is 0.209 e. The number of benzene rings is 1. The number of hydrogen-bond donors (Lipinski definition) is 3. The van der Waals surface area contributed by atoms with E-state index in [1.54, 1.807) is 6.20 Å². The third kappa shape index (κ3) is 4.44. The van der Waals surface area contributed by atoms with Gasteiger partial charge in [0.25, 0.3) is 0 Å². The minimum Gasteiger partial charge on any atom is -0.313 e. The van der Waals surface area contributed by atoms with E-state index >= 15 is 0 Å². The minimum atomic E-state index is -3.37. The standard InChI is InChI=1S/C13H18N4O2S/c14-20(18,19)8-4-7-15-9-12-10-16-17-13(12)11-5-2-1-3-6-11/h1-3,5-6,10,15H,4,7-9H2,(H,16,17)(H2,14,18,19). The zero-order chi connectivity index (χ0) is 14.4. The summed E-state index contributed by atoms with van der Waals surface area (Å²) in [5, 5.41) is 15.2. The van der Waals surface area contributed by atoms with Gasteiger partial charge in [-0.3, -0.25) is 5.10 Å². The van der Waals surface area contributed by atoms with Crippen LogP contribution in [-0.4, -0.2) is 30.9 Å². The zero-order valence-electron chi connectivity index (χ0n) is 11.0. The maximum Gasteiger partial charge on any atom is 0.209 e. The first-order valence-electron chi connectivity index (χ1n) is 6.35. The van der Waals surface area contributed by atoms with E-state index in [1.807, 2.05) is 30.3 Å². The van der Waals surface area contributed by atoms with Crippen molar-refractivity contribution in [3.8, 4) is 11.3 Å². The van der Waals surface area contributed by atoms with Crippen LogP contribution in [0.1, 0.15) is 12.0 Å². The molecule has 2 rings (SSSR count). The molecule has 0 radical (unpaired) electrons. The number of rotatable bonds is 7. The van der Waals surface area contributed by atoms with Gasteiger partial charge in [0.15, 0.2) is 0 Å². The molecule has 0 amide bonds. The summed E-state index contributed by atoms with van der Waals surface area (Å²) in [5.41, 5.74) is 3.10. The second-order valence-corrected chi connectivity index (χ2v) is 6.27. The second-order valence-electron chi connectivity index (χ2n) is 4.53. The maximum atomic E-state index is 10.8. The van der Waals surface area contributed by atoms with Crippen LogP contribution in [0, 0.1) is 0 Å². The molecule has 108 valence electrons. The summed E-state index contributed by atoms with van der Waals surface area (Å²) < 4.78 is 21.6. The first kappa shape index (κ1) is 14.7. The van der Waals surface area contributed by atoms with Crippen molar-refractivity contribution in [1.82, 2.24) is 15.5 Å². The first-order valence-corrected chi connectivity index (χ1v) is 8.06. The number of nitrogens with two attached hydrogens (primary N) is 1. The van der Waals surface area contributed by atoms with Gasteiger partial charge in [-0.25, -0.2) is 13.6 Å². The molecular formula is C13H18N4O2S. The lowest BCUT2D eigenvalue weighted by molar-refractivity contribution is 0.590. The van der Waals surface area contributed by atoms with Crippen molar-refractivity contribution in [2.75, 3.05) is 12.3 Å². The topological polar surface area (TPSA) is 101 Å². The molecule has 0 bridgehead atoms. The molecule has 0 fully saturated rings. The molecule has 20 heavy (non-hydrogen) atoms. The summed E-state index contributed by atoms with van der Waals surface area (Å²) in [6.45, 7) is 1.22. The quantitative estimate of drug-likeness (QED) is 0.659. The number of sulfonamides is 1. The Morgan fingerprint density at radius 2 is 2.00 bits per heavy atom. The summed E-state index contributed by atoms with van der Waals surface area (Å²) in [6, 6.07) is 9.93. The van der Waals surface area contributed by atoms with Crippen molar-refractivity contribution in [2.45, 2.75) is 13.0 Å². The van der Waals surface area contributed by atoms with E-state index in [2.05, 4.69) is 15.5 Å². The molecule has 0 aliphatic carbocycles. The van der Waals surface area contributed by atoms with Crippen molar-refractivity contribution < 1.29 is 8.42 Å². The summed E-state index contributed by atoms with van der Waals surface area (Å²) in [7, 11) is -3.37. The Morgan fingerprint density at radius 1 is 1.25 bits per heavy atom. The van der Waals surface area contributed by atoms with Crippen molar-refractivity contribution >= 4 is 10.0 Å². The van der Waals surface area contributed by atoms with E-state index in [9.17, 15) is 8.42 Å². The van der Waals surface area contributed by atoms with Gasteiger partial charge in [0.2, 0.25) is 10.0 Å². The van der Waals surface area contributed by atoms with Crippen molar-refractivity contribution in [1.29, 1.82) is 0 Å². The average molecular weight is 294 g/mol. The molecule has 6 nitrogen and oxygen atoms in total. The normalized spacial score (nSPS) is 11.7. The summed E-state index contributed by atoms with van der Waals surface area (Å²) in [6.07, 6.45) is 2.27. The fourth-order valence-electron chi connectivity index (χ4n) is 1.92. The first-order chi connectivity index (χ1) is 9.56. The van der Waals surface area contributed by atoms with E-state index in [0.717, 1.165) is 16.8 Å². The van der Waals surface area contributed by atoms with E-state index < -0.39 is 10.0 Å². The van der Waals surface area contributed by atoms with Crippen molar-refractivity contribution in [3.05, 3.63) is 42.1 Å². The molecule has 4 N–H and O–H groups in total. The summed E-state index contributed by atoms with van der Waals surface area (Å²) in [4.78, 5) is 0. The Kier molecular flexibility index (Phi) is 4.89. The Bertz CT molecular complexity index is 637. The highest BCUT2D eigenvalue weighted by atomic mass is 32.2. The molecular weight excluding hydrogens is 276 g/mol. The van der Waals surface area contributed by atoms with E-state index in [4.69, 9.17) is 5.14 Å². The summed E-state index contributed by atoms with van der Waals surface area (Å²) >= 11 is 0. The highest BCUT2D eigenvalue weighted by Crippen LogP contribution is 2.20. The molecule has 1 aromatic heterocycles. The Morgan fingerprint density at radius 3 is 2.70 bits per heavy atom. The molecule has 0 saturated heterocycles. The van der Waals surface area contributed by atoms with E-state index in [1.165, 1.54) is 0 Å². The van der Waals surface area contributed by atoms with Gasteiger partial charge in [0, 0.05) is 12.1 Å². The van der Waals surface area contributed by atoms with E-state index in [0.29, 0.717) is 19.5 Å². The number of primary sulfonamides is 1. The number of nitrogens with one attached hydrogen (secondary N) is 2. The van der Waals surface area contributed by atoms with Gasteiger partial charge in [0.1, 0.15) is 0 Å². The molecule has 0 unspecified atom stereocenters. The number of aromatic amines is 1. The fourth-order valence-corrected chi connectivity index (χ4v) is 2.47. The molecule has 1 heterocycles. The van der Waals surface area contributed by atoms with E-state index in [-0.39, 0.29) is 5.75 Å². The highest BCUT2D eigenvalue weighted by Gasteiger charge is 2.07. The fraction of sp³-hybridized carbons (Fsp3) is 0.308. The van der Waals surface area contributed by atoms with Gasteiger partial charge in [-0.2, -0.15) is 5.10 Å². The Balaban J connectivity index is 1.87. The van der Waals surface area contributed by atoms with Gasteiger partial charge in [-0.05, 0) is 18.5 Å². The number of aromatic nitrogens is 2. The maximum absolute atomic E-state index is 10.8. The molecule has 1 aromatic carbocycles.